The van der Waals surface area contributed by atoms with Crippen LogP contribution in [0, 0.1) is 5.21 Å². The first kappa shape index (κ1) is 14.6. The maximum Gasteiger partial charge on any atom is 0.302 e. The van der Waals surface area contributed by atoms with Gasteiger partial charge in [0.25, 0.3) is 0 Å². The summed E-state index contributed by atoms with van der Waals surface area (Å²) < 4.78 is 17.1. The van der Waals surface area contributed by atoms with E-state index in [1.807, 2.05) is 13.8 Å². The molecule has 1 aliphatic heterocycles. The molecule has 0 aromatic carbocycles. The highest BCUT2D eigenvalue weighted by Crippen LogP contribution is 2.32. The first-order valence-corrected chi connectivity index (χ1v) is 6.75. The Balaban J connectivity index is 2.40. The largest absolute Gasteiger partial charge is 0.618 e. The fourth-order valence-electron chi connectivity index (χ4n) is 2.18. The van der Waals surface area contributed by atoms with E-state index < -0.39 is 0 Å². The van der Waals surface area contributed by atoms with Crippen molar-refractivity contribution < 1.29 is 23.7 Å². The minimum absolute atomic E-state index is 0.0490. The number of pyridine rings is 1. The zero-order chi connectivity index (χ0) is 14.7. The number of esters is 1. The number of hydrogen-bond donors (Lipinski definition) is 0. The summed E-state index contributed by atoms with van der Waals surface area (Å²) in [5.74, 6) is 0.185. The van der Waals surface area contributed by atoms with Crippen molar-refractivity contribution in [2.45, 2.75) is 53.1 Å². The third-order valence-corrected chi connectivity index (χ3v) is 3.22. The summed E-state index contributed by atoms with van der Waals surface area (Å²) >= 11 is 0. The number of fused-ring (bicyclic) bond motifs is 1. The molecule has 0 saturated carbocycles. The van der Waals surface area contributed by atoms with Crippen molar-refractivity contribution >= 4 is 5.97 Å². The Morgan fingerprint density at radius 2 is 2.30 bits per heavy atom. The lowest BCUT2D eigenvalue weighted by Crippen LogP contribution is -2.37. The number of carbonyl (C=O) groups is 1. The third-order valence-electron chi connectivity index (χ3n) is 3.22. The first-order valence-electron chi connectivity index (χ1n) is 6.75. The topological polar surface area (TPSA) is 71.7 Å². The molecule has 0 N–H and O–H groups in total. The predicted octanol–water partition coefficient (Wildman–Crippen LogP) is 1.59. The molecule has 6 heteroatoms. The Kier molecular flexibility index (Phi) is 4.44. The van der Waals surface area contributed by atoms with Gasteiger partial charge in [0.2, 0.25) is 5.69 Å². The maximum absolute atomic E-state index is 12.0. The molecule has 6 nitrogen and oxygen atoms in total. The van der Waals surface area contributed by atoms with E-state index in [0.717, 1.165) is 10.3 Å². The van der Waals surface area contributed by atoms with Crippen molar-refractivity contribution in [1.29, 1.82) is 0 Å². The molecule has 2 rings (SSSR count). The fourth-order valence-corrected chi connectivity index (χ4v) is 2.18. The summed E-state index contributed by atoms with van der Waals surface area (Å²) in [7, 11) is 0. The minimum atomic E-state index is -0.389. The highest BCUT2D eigenvalue weighted by molar-refractivity contribution is 5.66. The number of nitrogens with zero attached hydrogens (tertiary/aromatic N) is 1. The Hall–Kier alpha value is -1.82. The van der Waals surface area contributed by atoms with Gasteiger partial charge < -0.3 is 19.4 Å². The van der Waals surface area contributed by atoms with Gasteiger partial charge in [-0.2, -0.15) is 4.73 Å². The minimum Gasteiger partial charge on any atom is -0.618 e. The molecular formula is C14H19NO5. The standard InChI is InChI=1S/C14H19NO5/c1-4-12-14-11(8-19-13(5-2)20-14)10(6-15(12)17)7-18-9(3)16/h6,13H,4-5,7-8H2,1-3H3. The highest BCUT2D eigenvalue weighted by Gasteiger charge is 2.29. The number of rotatable bonds is 4. The number of carbonyl (C=O) groups excluding carboxylic acids is 1. The number of hydrogen-bond acceptors (Lipinski definition) is 5. The molecule has 1 aliphatic rings. The van der Waals surface area contributed by atoms with Crippen LogP contribution < -0.4 is 9.47 Å². The summed E-state index contributed by atoms with van der Waals surface area (Å²) in [6.07, 6.45) is 2.36. The van der Waals surface area contributed by atoms with Crippen LogP contribution in [0.2, 0.25) is 0 Å². The predicted molar refractivity (Wildman–Crippen MR) is 69.7 cm³/mol. The first-order chi connectivity index (χ1) is 9.56. The summed E-state index contributed by atoms with van der Waals surface area (Å²) in [4.78, 5) is 10.9. The van der Waals surface area contributed by atoms with E-state index in [0.29, 0.717) is 36.5 Å². The van der Waals surface area contributed by atoms with Crippen LogP contribution in [0.25, 0.3) is 0 Å². The van der Waals surface area contributed by atoms with Crippen LogP contribution in [0.3, 0.4) is 0 Å². The van der Waals surface area contributed by atoms with Gasteiger partial charge in [-0.3, -0.25) is 4.79 Å². The van der Waals surface area contributed by atoms with Gasteiger partial charge in [-0.15, -0.1) is 0 Å². The van der Waals surface area contributed by atoms with Gasteiger partial charge in [-0.1, -0.05) is 13.8 Å². The normalized spacial score (nSPS) is 17.2. The molecule has 0 fully saturated rings. The summed E-state index contributed by atoms with van der Waals surface area (Å²) in [6, 6.07) is 0. The lowest BCUT2D eigenvalue weighted by atomic mass is 10.1. The van der Waals surface area contributed by atoms with Gasteiger partial charge in [-0.05, 0) is 0 Å². The van der Waals surface area contributed by atoms with Crippen molar-refractivity contribution in [1.82, 2.24) is 0 Å². The zero-order valence-corrected chi connectivity index (χ0v) is 12.0. The molecule has 0 saturated heterocycles. The second kappa shape index (κ2) is 6.09. The van der Waals surface area contributed by atoms with Crippen molar-refractivity contribution in [2.24, 2.45) is 0 Å². The second-order valence-electron chi connectivity index (χ2n) is 4.63. The van der Waals surface area contributed by atoms with Gasteiger partial charge in [0, 0.05) is 25.3 Å². The van der Waals surface area contributed by atoms with Gasteiger partial charge in [0.15, 0.2) is 18.2 Å². The maximum atomic E-state index is 12.0. The van der Waals surface area contributed by atoms with Crippen molar-refractivity contribution in [2.75, 3.05) is 0 Å². The summed E-state index contributed by atoms with van der Waals surface area (Å²) in [5, 5.41) is 12.0. The molecule has 0 amide bonds. The quantitative estimate of drug-likeness (QED) is 0.476. The van der Waals surface area contributed by atoms with E-state index >= 15 is 0 Å². The third kappa shape index (κ3) is 2.85. The van der Waals surface area contributed by atoms with Gasteiger partial charge in [-0.25, -0.2) is 0 Å². The Bertz CT molecular complexity index is 515. The molecule has 2 heterocycles. The van der Waals surface area contributed by atoms with Crippen LogP contribution in [0.15, 0.2) is 6.20 Å². The molecule has 1 aromatic heterocycles. The monoisotopic (exact) mass is 281 g/mol. The Morgan fingerprint density at radius 3 is 2.90 bits per heavy atom. The van der Waals surface area contributed by atoms with Crippen molar-refractivity contribution in [3.8, 4) is 5.75 Å². The molecule has 0 bridgehead atoms. The second-order valence-corrected chi connectivity index (χ2v) is 4.63. The Labute approximate surface area is 117 Å². The molecule has 1 aromatic rings. The molecular weight excluding hydrogens is 262 g/mol. The Morgan fingerprint density at radius 1 is 1.55 bits per heavy atom. The molecule has 20 heavy (non-hydrogen) atoms. The van der Waals surface area contributed by atoms with Gasteiger partial charge >= 0.3 is 5.97 Å². The van der Waals surface area contributed by atoms with Crippen LogP contribution in [0.1, 0.15) is 44.0 Å². The van der Waals surface area contributed by atoms with E-state index in [-0.39, 0.29) is 18.9 Å². The zero-order valence-electron chi connectivity index (χ0n) is 12.0. The van der Waals surface area contributed by atoms with Crippen LogP contribution in [0.5, 0.6) is 5.75 Å². The molecule has 110 valence electrons. The van der Waals surface area contributed by atoms with Gasteiger partial charge in [0.1, 0.15) is 6.61 Å². The molecule has 1 unspecified atom stereocenters. The SMILES string of the molecule is CCc1c2c(c(COC(C)=O)c[n+]1[O-])COC(CC)O2. The van der Waals surface area contributed by atoms with Crippen LogP contribution in [0.4, 0.5) is 0 Å². The lowest BCUT2D eigenvalue weighted by Gasteiger charge is -2.27. The van der Waals surface area contributed by atoms with E-state index in [1.54, 1.807) is 0 Å². The van der Waals surface area contributed by atoms with E-state index in [4.69, 9.17) is 14.2 Å². The van der Waals surface area contributed by atoms with Crippen LogP contribution in [-0.2, 0) is 33.9 Å². The molecule has 0 radical (unpaired) electrons. The summed E-state index contributed by atoms with van der Waals surface area (Å²) in [6.45, 7) is 5.59. The molecule has 0 spiro atoms. The number of ether oxygens (including phenoxy) is 3. The highest BCUT2D eigenvalue weighted by atomic mass is 16.7. The van der Waals surface area contributed by atoms with E-state index in [2.05, 4.69) is 0 Å². The number of aromatic nitrogens is 1. The van der Waals surface area contributed by atoms with Gasteiger partial charge in [0.05, 0.1) is 12.2 Å². The average Bonchev–Trinajstić information content (AvgIpc) is 2.44. The fraction of sp³-hybridized carbons (Fsp3) is 0.571. The van der Waals surface area contributed by atoms with Crippen molar-refractivity contribution in [3.05, 3.63) is 28.2 Å². The molecule has 1 atom stereocenters. The van der Waals surface area contributed by atoms with E-state index in [1.165, 1.54) is 13.1 Å². The summed E-state index contributed by atoms with van der Waals surface area (Å²) in [5.41, 5.74) is 1.99. The van der Waals surface area contributed by atoms with Crippen LogP contribution >= 0.6 is 0 Å². The lowest BCUT2D eigenvalue weighted by molar-refractivity contribution is -0.615. The smallest absolute Gasteiger partial charge is 0.302 e. The van der Waals surface area contributed by atoms with Crippen LogP contribution in [-0.4, -0.2) is 12.3 Å². The molecule has 0 aliphatic carbocycles. The van der Waals surface area contributed by atoms with E-state index in [9.17, 15) is 10.0 Å². The van der Waals surface area contributed by atoms with Crippen molar-refractivity contribution in [3.63, 3.8) is 0 Å². The average molecular weight is 281 g/mol.